The van der Waals surface area contributed by atoms with E-state index in [-0.39, 0.29) is 10.6 Å². The summed E-state index contributed by atoms with van der Waals surface area (Å²) < 4.78 is 27.5. The Morgan fingerprint density at radius 1 is 0.929 bits per heavy atom. The normalized spacial score (nSPS) is 21.6. The van der Waals surface area contributed by atoms with E-state index in [0.717, 1.165) is 4.31 Å². The van der Waals surface area contributed by atoms with Crippen LogP contribution in [0.5, 0.6) is 0 Å². The highest BCUT2D eigenvalue weighted by Crippen LogP contribution is 2.42. The summed E-state index contributed by atoms with van der Waals surface area (Å²) in [6.07, 6.45) is 2.69. The zero-order chi connectivity index (χ0) is 19.9. The summed E-state index contributed by atoms with van der Waals surface area (Å²) in [6, 6.07) is 15.8. The molecule has 4 rings (SSSR count). The van der Waals surface area contributed by atoms with Gasteiger partial charge in [0.25, 0.3) is 10.0 Å². The second kappa shape index (κ2) is 6.59. The lowest BCUT2D eigenvalue weighted by atomic mass is 9.81. The van der Waals surface area contributed by atoms with Gasteiger partial charge in [-0.05, 0) is 23.3 Å². The molecular formula is C21H14N2O4S. The quantitative estimate of drug-likeness (QED) is 0.596. The third kappa shape index (κ3) is 2.66. The van der Waals surface area contributed by atoms with Gasteiger partial charge in [0.1, 0.15) is 0 Å². The second-order valence-electron chi connectivity index (χ2n) is 6.42. The fraction of sp³-hybridized carbons (Fsp3) is 0.0952. The van der Waals surface area contributed by atoms with Crippen LogP contribution in [0.4, 0.5) is 0 Å². The zero-order valence-corrected chi connectivity index (χ0v) is 15.3. The van der Waals surface area contributed by atoms with Crippen LogP contribution in [0.3, 0.4) is 0 Å². The number of rotatable bonds is 3. The maximum atomic E-state index is 13.2. The predicted molar refractivity (Wildman–Crippen MR) is 102 cm³/mol. The fourth-order valence-corrected chi connectivity index (χ4v) is 5.02. The lowest BCUT2D eigenvalue weighted by molar-refractivity contribution is -0.136. The molecule has 2 aromatic rings. The SMILES string of the molecule is [C-]#[N+]C1=CC2C(C(=O)C1=O)C(c1ccccc1)=CN2S(=O)(=O)c1ccccc1. The largest absolute Gasteiger partial charge is 0.299 e. The molecule has 0 fully saturated rings. The molecule has 7 heteroatoms. The standard InChI is InChI=1S/C21H14N2O4S/c1-22-17-12-18-19(21(25)20(17)24)16(14-8-4-2-5-9-14)13-23(18)28(26,27)15-10-6-3-7-11-15/h2-13,18-19H. The second-order valence-corrected chi connectivity index (χ2v) is 8.27. The maximum Gasteiger partial charge on any atom is 0.264 e. The van der Waals surface area contributed by atoms with E-state index < -0.39 is 33.5 Å². The molecule has 1 heterocycles. The number of benzene rings is 2. The molecule has 0 N–H and O–H groups in total. The molecule has 2 unspecified atom stereocenters. The average Bonchev–Trinajstić information content (AvgIpc) is 3.12. The van der Waals surface area contributed by atoms with Crippen LogP contribution in [-0.2, 0) is 19.6 Å². The van der Waals surface area contributed by atoms with Gasteiger partial charge >= 0.3 is 0 Å². The van der Waals surface area contributed by atoms with Gasteiger partial charge in [0.2, 0.25) is 17.3 Å². The van der Waals surface area contributed by atoms with Crippen LogP contribution in [0.15, 0.2) is 83.5 Å². The number of hydrogen-bond donors (Lipinski definition) is 0. The molecule has 2 aromatic carbocycles. The smallest absolute Gasteiger partial charge is 0.264 e. The minimum Gasteiger partial charge on any atom is -0.299 e. The molecule has 0 saturated heterocycles. The molecule has 2 atom stereocenters. The van der Waals surface area contributed by atoms with Gasteiger partial charge in [-0.2, -0.15) is 0 Å². The molecule has 0 saturated carbocycles. The van der Waals surface area contributed by atoms with Crippen LogP contribution in [-0.4, -0.2) is 30.3 Å². The molecule has 2 aliphatic rings. The number of carbonyl (C=O) groups excluding carboxylic acids is 2. The molecule has 0 amide bonds. The van der Waals surface area contributed by atoms with E-state index >= 15 is 0 Å². The van der Waals surface area contributed by atoms with E-state index in [4.69, 9.17) is 6.57 Å². The van der Waals surface area contributed by atoms with Crippen molar-refractivity contribution in [2.45, 2.75) is 10.9 Å². The number of allylic oxidation sites excluding steroid dienone is 1. The lowest BCUT2D eigenvalue weighted by Crippen LogP contribution is -2.43. The van der Waals surface area contributed by atoms with Crippen molar-refractivity contribution in [2.75, 3.05) is 0 Å². The maximum absolute atomic E-state index is 13.2. The van der Waals surface area contributed by atoms with Gasteiger partial charge < -0.3 is 0 Å². The van der Waals surface area contributed by atoms with Gasteiger partial charge in [0, 0.05) is 6.20 Å². The Kier molecular flexibility index (Phi) is 4.21. The summed E-state index contributed by atoms with van der Waals surface area (Å²) in [5, 5.41) is 0. The molecule has 0 radical (unpaired) electrons. The third-order valence-corrected chi connectivity index (χ3v) is 6.62. The van der Waals surface area contributed by atoms with Crippen LogP contribution >= 0.6 is 0 Å². The van der Waals surface area contributed by atoms with Crippen molar-refractivity contribution in [2.24, 2.45) is 5.92 Å². The Labute approximate surface area is 162 Å². The number of ketones is 2. The van der Waals surface area contributed by atoms with Crippen molar-refractivity contribution >= 4 is 27.2 Å². The summed E-state index contributed by atoms with van der Waals surface area (Å²) in [6.45, 7) is 7.17. The van der Waals surface area contributed by atoms with E-state index in [9.17, 15) is 18.0 Å². The van der Waals surface area contributed by atoms with Gasteiger partial charge in [-0.1, -0.05) is 54.6 Å². The number of fused-ring (bicyclic) bond motifs is 1. The Balaban J connectivity index is 1.92. The summed E-state index contributed by atoms with van der Waals surface area (Å²) in [4.78, 5) is 28.2. The molecule has 6 nitrogen and oxygen atoms in total. The van der Waals surface area contributed by atoms with Crippen LogP contribution < -0.4 is 0 Å². The van der Waals surface area contributed by atoms with Crippen molar-refractivity contribution in [1.29, 1.82) is 0 Å². The molecule has 0 aromatic heterocycles. The number of nitrogens with zero attached hydrogens (tertiary/aromatic N) is 2. The lowest BCUT2D eigenvalue weighted by Gasteiger charge is -2.29. The minimum atomic E-state index is -3.98. The topological polar surface area (TPSA) is 75.9 Å². The highest BCUT2D eigenvalue weighted by atomic mass is 32.2. The first kappa shape index (κ1) is 17.9. The zero-order valence-electron chi connectivity index (χ0n) is 14.5. The summed E-state index contributed by atoms with van der Waals surface area (Å²) in [7, 11) is -3.98. The van der Waals surface area contributed by atoms with E-state index in [2.05, 4.69) is 4.85 Å². The van der Waals surface area contributed by atoms with E-state index in [1.807, 2.05) is 0 Å². The molecule has 0 bridgehead atoms. The van der Waals surface area contributed by atoms with Gasteiger partial charge in [-0.25, -0.2) is 13.3 Å². The highest BCUT2D eigenvalue weighted by Gasteiger charge is 2.49. The summed E-state index contributed by atoms with van der Waals surface area (Å²) >= 11 is 0. The van der Waals surface area contributed by atoms with Gasteiger partial charge in [0.15, 0.2) is 0 Å². The van der Waals surface area contributed by atoms with E-state index in [0.29, 0.717) is 11.1 Å². The van der Waals surface area contributed by atoms with Crippen LogP contribution in [0.2, 0.25) is 0 Å². The number of sulfonamides is 1. The highest BCUT2D eigenvalue weighted by molar-refractivity contribution is 7.89. The fourth-order valence-electron chi connectivity index (χ4n) is 3.52. The number of Topliss-reactive ketones (excluding diaryl/α,β-unsaturated/α-hetero) is 2. The Morgan fingerprint density at radius 3 is 2.14 bits per heavy atom. The monoisotopic (exact) mass is 390 g/mol. The van der Waals surface area contributed by atoms with Crippen LogP contribution in [0.1, 0.15) is 5.56 Å². The molecule has 1 aliphatic carbocycles. The number of carbonyl (C=O) groups is 2. The van der Waals surface area contributed by atoms with E-state index in [1.165, 1.54) is 24.4 Å². The van der Waals surface area contributed by atoms with Crippen molar-refractivity contribution < 1.29 is 18.0 Å². The average molecular weight is 390 g/mol. The first-order valence-electron chi connectivity index (χ1n) is 8.48. The van der Waals surface area contributed by atoms with Gasteiger partial charge in [-0.3, -0.25) is 13.9 Å². The van der Waals surface area contributed by atoms with E-state index in [1.54, 1.807) is 48.5 Å². The summed E-state index contributed by atoms with van der Waals surface area (Å²) in [5.74, 6) is -2.62. The summed E-state index contributed by atoms with van der Waals surface area (Å²) in [5.41, 5.74) is 0.759. The van der Waals surface area contributed by atoms with Gasteiger partial charge in [-0.15, -0.1) is 0 Å². The Hall–Kier alpha value is -3.50. The molecular weight excluding hydrogens is 376 g/mol. The minimum absolute atomic E-state index is 0.0708. The number of hydrogen-bond acceptors (Lipinski definition) is 4. The van der Waals surface area contributed by atoms with Crippen molar-refractivity contribution in [3.05, 3.63) is 95.6 Å². The van der Waals surface area contributed by atoms with Crippen LogP contribution in [0, 0.1) is 12.5 Å². The third-order valence-electron chi connectivity index (χ3n) is 4.85. The van der Waals surface area contributed by atoms with Crippen molar-refractivity contribution in [3.8, 4) is 0 Å². The first-order valence-corrected chi connectivity index (χ1v) is 9.92. The van der Waals surface area contributed by atoms with Crippen molar-refractivity contribution in [3.63, 3.8) is 0 Å². The Morgan fingerprint density at radius 2 is 1.54 bits per heavy atom. The first-order chi connectivity index (χ1) is 13.4. The molecule has 1 aliphatic heterocycles. The Bertz CT molecular complexity index is 1180. The predicted octanol–water partition coefficient (Wildman–Crippen LogP) is 2.67. The van der Waals surface area contributed by atoms with Crippen molar-refractivity contribution in [1.82, 2.24) is 4.31 Å². The molecule has 138 valence electrons. The molecule has 0 spiro atoms. The van der Waals surface area contributed by atoms with Gasteiger partial charge in [0.05, 0.1) is 23.4 Å². The van der Waals surface area contributed by atoms with Crippen LogP contribution in [0.25, 0.3) is 10.4 Å². The molecule has 28 heavy (non-hydrogen) atoms.